The van der Waals surface area contributed by atoms with Crippen molar-refractivity contribution in [3.8, 4) is 11.4 Å². The van der Waals surface area contributed by atoms with Gasteiger partial charge in [0.25, 0.3) is 5.91 Å². The second kappa shape index (κ2) is 8.79. The van der Waals surface area contributed by atoms with Crippen molar-refractivity contribution < 1.29 is 9.18 Å². The molecule has 32 heavy (non-hydrogen) atoms. The number of carbonyl (C=O) groups excluding carboxylic acids is 1. The largest absolute Gasteiger partial charge is 0.338 e. The number of thioether (sulfide) groups is 1. The van der Waals surface area contributed by atoms with E-state index in [-0.39, 0.29) is 17.8 Å². The summed E-state index contributed by atoms with van der Waals surface area (Å²) < 4.78 is 16.3. The number of rotatable bonds is 4. The lowest BCUT2D eigenvalue weighted by atomic mass is 10.0. The van der Waals surface area contributed by atoms with Gasteiger partial charge in [-0.1, -0.05) is 36.4 Å². The Bertz CT molecular complexity index is 1260. The first-order chi connectivity index (χ1) is 15.6. The van der Waals surface area contributed by atoms with E-state index < -0.39 is 0 Å². The minimum Gasteiger partial charge on any atom is -0.338 e. The van der Waals surface area contributed by atoms with E-state index in [0.29, 0.717) is 13.1 Å². The van der Waals surface area contributed by atoms with E-state index in [2.05, 4.69) is 4.57 Å². The third kappa shape index (κ3) is 3.91. The van der Waals surface area contributed by atoms with Crippen molar-refractivity contribution in [1.82, 2.24) is 14.5 Å². The molecule has 0 radical (unpaired) electrons. The zero-order chi connectivity index (χ0) is 22.1. The van der Waals surface area contributed by atoms with Crippen LogP contribution in [0.25, 0.3) is 22.4 Å². The summed E-state index contributed by atoms with van der Waals surface area (Å²) in [6.45, 7) is 1.33. The van der Waals surface area contributed by atoms with Crippen LogP contribution in [0.4, 0.5) is 4.39 Å². The minimum atomic E-state index is -0.264. The van der Waals surface area contributed by atoms with E-state index in [1.165, 1.54) is 6.07 Å². The molecule has 0 saturated carbocycles. The average molecular weight is 446 g/mol. The lowest BCUT2D eigenvalue weighted by Gasteiger charge is -2.33. The summed E-state index contributed by atoms with van der Waals surface area (Å²) in [7, 11) is 0. The van der Waals surface area contributed by atoms with Gasteiger partial charge >= 0.3 is 0 Å². The van der Waals surface area contributed by atoms with Crippen LogP contribution in [0.5, 0.6) is 0 Å². The van der Waals surface area contributed by atoms with Crippen molar-refractivity contribution in [2.45, 2.75) is 23.8 Å². The van der Waals surface area contributed by atoms with Gasteiger partial charge in [-0.15, -0.1) is 11.8 Å². The maximum atomic E-state index is 14.1. The van der Waals surface area contributed by atoms with E-state index >= 15 is 0 Å². The number of imidazole rings is 1. The third-order valence-electron chi connectivity index (χ3n) is 6.12. The summed E-state index contributed by atoms with van der Waals surface area (Å²) in [6, 6.07) is 22.7. The highest BCUT2D eigenvalue weighted by atomic mass is 32.2. The number of fused-ring (bicyclic) bond motifs is 1. The second-order valence-corrected chi connectivity index (χ2v) is 8.94. The lowest BCUT2D eigenvalue weighted by molar-refractivity contribution is 0.0696. The molecule has 0 unspecified atom stereocenters. The summed E-state index contributed by atoms with van der Waals surface area (Å²) in [6.07, 6.45) is 3.61. The van der Waals surface area contributed by atoms with Crippen LogP contribution < -0.4 is 0 Å². The van der Waals surface area contributed by atoms with Gasteiger partial charge in [0.15, 0.2) is 0 Å². The average Bonchev–Trinajstić information content (AvgIpc) is 3.23. The number of benzene rings is 3. The highest BCUT2D eigenvalue weighted by Gasteiger charge is 2.28. The topological polar surface area (TPSA) is 38.1 Å². The van der Waals surface area contributed by atoms with Crippen LogP contribution in [0.1, 0.15) is 29.2 Å². The molecule has 4 aromatic rings. The number of hydrogen-bond acceptors (Lipinski definition) is 3. The van der Waals surface area contributed by atoms with E-state index in [0.717, 1.165) is 45.7 Å². The molecule has 0 bridgehead atoms. The van der Waals surface area contributed by atoms with Crippen molar-refractivity contribution in [3.05, 3.63) is 84.2 Å². The zero-order valence-corrected chi connectivity index (χ0v) is 18.7. The van der Waals surface area contributed by atoms with Crippen molar-refractivity contribution in [2.24, 2.45) is 0 Å². The molecule has 1 fully saturated rings. The van der Waals surface area contributed by atoms with Crippen molar-refractivity contribution in [1.29, 1.82) is 0 Å². The Morgan fingerprint density at radius 3 is 2.53 bits per heavy atom. The van der Waals surface area contributed by atoms with Crippen molar-refractivity contribution in [2.75, 3.05) is 19.3 Å². The quantitative estimate of drug-likeness (QED) is 0.359. The molecule has 0 atom stereocenters. The monoisotopic (exact) mass is 445 g/mol. The summed E-state index contributed by atoms with van der Waals surface area (Å²) in [4.78, 5) is 20.9. The number of halogens is 1. The van der Waals surface area contributed by atoms with Gasteiger partial charge in [0.2, 0.25) is 0 Å². The molecular weight excluding hydrogens is 421 g/mol. The van der Waals surface area contributed by atoms with Gasteiger partial charge in [-0.05, 0) is 55.5 Å². The van der Waals surface area contributed by atoms with Crippen LogP contribution in [-0.4, -0.2) is 39.7 Å². The molecule has 5 rings (SSSR count). The van der Waals surface area contributed by atoms with Gasteiger partial charge in [-0.2, -0.15) is 0 Å². The molecule has 162 valence electrons. The Morgan fingerprint density at radius 1 is 1.00 bits per heavy atom. The Balaban J connectivity index is 1.43. The van der Waals surface area contributed by atoms with Crippen LogP contribution >= 0.6 is 11.8 Å². The van der Waals surface area contributed by atoms with Crippen molar-refractivity contribution >= 4 is 28.7 Å². The Morgan fingerprint density at radius 2 is 1.78 bits per heavy atom. The predicted molar refractivity (Wildman–Crippen MR) is 128 cm³/mol. The predicted octanol–water partition coefficient (Wildman–Crippen LogP) is 6.04. The first kappa shape index (κ1) is 20.8. The summed E-state index contributed by atoms with van der Waals surface area (Å²) in [5.74, 6) is 0.660. The first-order valence-corrected chi connectivity index (χ1v) is 12.0. The fraction of sp³-hybridized carbons (Fsp3) is 0.231. The molecule has 0 aliphatic carbocycles. The van der Waals surface area contributed by atoms with Gasteiger partial charge < -0.3 is 9.47 Å². The van der Waals surface area contributed by atoms with Crippen LogP contribution in [0.15, 0.2) is 77.7 Å². The van der Waals surface area contributed by atoms with E-state index in [4.69, 9.17) is 4.98 Å². The highest BCUT2D eigenvalue weighted by molar-refractivity contribution is 7.98. The van der Waals surface area contributed by atoms with E-state index in [1.54, 1.807) is 23.9 Å². The molecule has 6 heteroatoms. The molecule has 4 nitrogen and oxygen atoms in total. The molecule has 0 N–H and O–H groups in total. The summed E-state index contributed by atoms with van der Waals surface area (Å²) in [5.41, 5.74) is 3.34. The molecule has 1 amide bonds. The van der Waals surface area contributed by atoms with Crippen LogP contribution in [0.3, 0.4) is 0 Å². The summed E-state index contributed by atoms with van der Waals surface area (Å²) >= 11 is 1.64. The fourth-order valence-corrected chi connectivity index (χ4v) is 4.95. The van der Waals surface area contributed by atoms with Crippen LogP contribution in [-0.2, 0) is 0 Å². The smallest absolute Gasteiger partial charge is 0.253 e. The molecule has 2 heterocycles. The van der Waals surface area contributed by atoms with Gasteiger partial charge in [0.1, 0.15) is 11.6 Å². The van der Waals surface area contributed by atoms with E-state index in [9.17, 15) is 9.18 Å². The van der Waals surface area contributed by atoms with Gasteiger partial charge in [-0.25, -0.2) is 9.37 Å². The molecule has 1 aliphatic rings. The normalized spacial score (nSPS) is 14.8. The fourth-order valence-electron chi connectivity index (χ4n) is 4.49. The number of hydrogen-bond donors (Lipinski definition) is 0. The van der Waals surface area contributed by atoms with E-state index in [1.807, 2.05) is 65.8 Å². The lowest BCUT2D eigenvalue weighted by Crippen LogP contribution is -2.39. The maximum Gasteiger partial charge on any atom is 0.253 e. The Kier molecular flexibility index (Phi) is 5.70. The van der Waals surface area contributed by atoms with Gasteiger partial charge in [0.05, 0.1) is 11.0 Å². The number of carbonyl (C=O) groups is 1. The molecule has 1 saturated heterocycles. The van der Waals surface area contributed by atoms with Crippen molar-refractivity contribution in [3.63, 3.8) is 0 Å². The van der Waals surface area contributed by atoms with Gasteiger partial charge in [-0.3, -0.25) is 4.79 Å². The Labute approximate surface area is 191 Å². The standard InChI is InChI=1S/C26H24FN3OS/c1-32-22-9-5-8-19(16-22)26(31)29-14-12-21(13-15-29)30-24-17-20(27)10-11-23(24)28-25(30)18-6-3-2-4-7-18/h2-11,16-17,21H,12-15H2,1H3. The van der Waals surface area contributed by atoms with Crippen LogP contribution in [0.2, 0.25) is 0 Å². The number of likely N-dealkylation sites (tertiary alicyclic amines) is 1. The SMILES string of the molecule is CSc1cccc(C(=O)N2CCC(n3c(-c4ccccc4)nc4ccc(F)cc43)CC2)c1. The maximum absolute atomic E-state index is 14.1. The molecule has 3 aromatic carbocycles. The van der Waals surface area contributed by atoms with Crippen LogP contribution in [0, 0.1) is 5.82 Å². The molecule has 0 spiro atoms. The molecular formula is C26H24FN3OS. The zero-order valence-electron chi connectivity index (χ0n) is 17.9. The third-order valence-corrected chi connectivity index (χ3v) is 6.84. The molecule has 1 aliphatic heterocycles. The number of aromatic nitrogens is 2. The minimum absolute atomic E-state index is 0.0733. The molecule has 1 aromatic heterocycles. The second-order valence-electron chi connectivity index (χ2n) is 8.06. The number of piperidine rings is 1. The Hall–Kier alpha value is -3.12. The van der Waals surface area contributed by atoms with Gasteiger partial charge in [0, 0.05) is 35.2 Å². The number of nitrogens with zero attached hydrogens (tertiary/aromatic N) is 3. The first-order valence-electron chi connectivity index (χ1n) is 10.8. The summed E-state index contributed by atoms with van der Waals surface area (Å²) in [5, 5.41) is 0. The highest BCUT2D eigenvalue weighted by Crippen LogP contribution is 2.34. The number of amides is 1.